The number of aromatic nitrogens is 1. The number of Topliss-reactive ketones (excluding diaryl/α,β-unsaturated/α-hetero) is 1. The zero-order chi connectivity index (χ0) is 25.3. The number of hydrogen-bond acceptors (Lipinski definition) is 4. The van der Waals surface area contributed by atoms with Crippen LogP contribution < -0.4 is 10.9 Å². The quantitative estimate of drug-likeness (QED) is 0.584. The molecular formula is C30H33N3O3. The number of hydrogen-bond donors (Lipinski definition) is 1. The number of pyridine rings is 1. The molecule has 1 saturated heterocycles. The van der Waals surface area contributed by atoms with E-state index in [0.29, 0.717) is 29.7 Å². The van der Waals surface area contributed by atoms with Crippen molar-refractivity contribution < 1.29 is 9.59 Å². The molecule has 1 aromatic heterocycles. The fourth-order valence-corrected chi connectivity index (χ4v) is 5.49. The summed E-state index contributed by atoms with van der Waals surface area (Å²) in [5.41, 5.74) is 2.45. The third-order valence-corrected chi connectivity index (χ3v) is 7.35. The van der Waals surface area contributed by atoms with Gasteiger partial charge in [0.2, 0.25) is 0 Å². The van der Waals surface area contributed by atoms with Gasteiger partial charge in [-0.3, -0.25) is 23.9 Å². The Labute approximate surface area is 212 Å². The lowest BCUT2D eigenvalue weighted by molar-refractivity contribution is 0.0898. The number of likely N-dealkylation sites (tertiary alicyclic amines) is 1. The van der Waals surface area contributed by atoms with E-state index >= 15 is 0 Å². The molecule has 2 aliphatic rings. The molecule has 6 nitrogen and oxygen atoms in total. The first-order valence-electron chi connectivity index (χ1n) is 12.7. The van der Waals surface area contributed by atoms with Crippen LogP contribution in [0.2, 0.25) is 0 Å². The van der Waals surface area contributed by atoms with Gasteiger partial charge in [0.25, 0.3) is 11.5 Å². The minimum absolute atomic E-state index is 0.00254. The van der Waals surface area contributed by atoms with Crippen molar-refractivity contribution in [1.29, 1.82) is 0 Å². The second-order valence-corrected chi connectivity index (χ2v) is 10.9. The molecule has 3 aromatic rings. The summed E-state index contributed by atoms with van der Waals surface area (Å²) in [6.07, 6.45) is 4.20. The van der Waals surface area contributed by atoms with Crippen molar-refractivity contribution in [1.82, 2.24) is 14.8 Å². The van der Waals surface area contributed by atoms with Crippen molar-refractivity contribution in [3.05, 3.63) is 99.5 Å². The van der Waals surface area contributed by atoms with Gasteiger partial charge in [-0.25, -0.2) is 0 Å². The Hall–Kier alpha value is -3.51. The average molecular weight is 484 g/mol. The molecule has 5 rings (SSSR count). The predicted molar refractivity (Wildman–Crippen MR) is 141 cm³/mol. The molecule has 1 fully saturated rings. The topological polar surface area (TPSA) is 71.4 Å². The molecule has 2 aromatic carbocycles. The number of benzene rings is 2. The van der Waals surface area contributed by atoms with E-state index in [0.717, 1.165) is 32.5 Å². The Kier molecular flexibility index (Phi) is 6.63. The summed E-state index contributed by atoms with van der Waals surface area (Å²) >= 11 is 0. The lowest BCUT2D eigenvalue weighted by Gasteiger charge is -2.34. The van der Waals surface area contributed by atoms with E-state index < -0.39 is 0 Å². The smallest absolute Gasteiger partial charge is 0.268 e. The van der Waals surface area contributed by atoms with Crippen molar-refractivity contribution in [3.63, 3.8) is 0 Å². The van der Waals surface area contributed by atoms with Gasteiger partial charge in [0.1, 0.15) is 5.56 Å². The molecule has 1 aliphatic carbocycles. The minimum Gasteiger partial charge on any atom is -0.349 e. The molecule has 1 aliphatic heterocycles. The van der Waals surface area contributed by atoms with Crippen LogP contribution in [-0.2, 0) is 13.0 Å². The van der Waals surface area contributed by atoms with Crippen LogP contribution in [0.5, 0.6) is 0 Å². The first-order chi connectivity index (χ1) is 17.3. The lowest BCUT2D eigenvalue weighted by atomic mass is 9.73. The third-order valence-electron chi connectivity index (χ3n) is 7.35. The number of nitrogens with one attached hydrogen (secondary N) is 1. The number of nitrogens with zero attached hydrogens (tertiary/aromatic N) is 2. The molecule has 1 amide bonds. The Morgan fingerprint density at radius 3 is 2.25 bits per heavy atom. The molecule has 0 saturated carbocycles. The molecule has 0 unspecified atom stereocenters. The van der Waals surface area contributed by atoms with Crippen LogP contribution in [0.25, 0.3) is 5.69 Å². The van der Waals surface area contributed by atoms with Crippen LogP contribution in [0.4, 0.5) is 0 Å². The SMILES string of the molecule is CC1(C)CC(=O)c2cn(-c3ccccc3)c(=O)c(C(=O)NC3CCN(Cc4ccccc4)CC3)c2C1. The Morgan fingerprint density at radius 1 is 0.944 bits per heavy atom. The van der Waals surface area contributed by atoms with Crippen molar-refractivity contribution in [3.8, 4) is 5.69 Å². The fraction of sp³-hybridized carbons (Fsp3) is 0.367. The number of amides is 1. The molecule has 186 valence electrons. The number of fused-ring (bicyclic) bond motifs is 1. The normalized spacial score (nSPS) is 18.0. The third kappa shape index (κ3) is 5.05. The van der Waals surface area contributed by atoms with Gasteiger partial charge in [-0.15, -0.1) is 0 Å². The van der Waals surface area contributed by atoms with Crippen molar-refractivity contribution in [2.45, 2.75) is 52.1 Å². The van der Waals surface area contributed by atoms with Crippen LogP contribution in [0.3, 0.4) is 0 Å². The van der Waals surface area contributed by atoms with E-state index in [1.54, 1.807) is 6.20 Å². The van der Waals surface area contributed by atoms with Crippen LogP contribution in [0.1, 0.15) is 65.0 Å². The van der Waals surface area contributed by atoms with Gasteiger partial charge in [0.15, 0.2) is 5.78 Å². The molecule has 36 heavy (non-hydrogen) atoms. The van der Waals surface area contributed by atoms with Crippen LogP contribution in [0, 0.1) is 5.41 Å². The lowest BCUT2D eigenvalue weighted by Crippen LogP contribution is -2.46. The van der Waals surface area contributed by atoms with Crippen molar-refractivity contribution >= 4 is 11.7 Å². The van der Waals surface area contributed by atoms with Crippen molar-refractivity contribution in [2.24, 2.45) is 5.41 Å². The number of piperidine rings is 1. The highest BCUT2D eigenvalue weighted by Gasteiger charge is 2.36. The highest BCUT2D eigenvalue weighted by Crippen LogP contribution is 2.35. The number of carbonyl (C=O) groups is 2. The molecule has 0 bridgehead atoms. The number of carbonyl (C=O) groups excluding carboxylic acids is 2. The zero-order valence-corrected chi connectivity index (χ0v) is 21.0. The summed E-state index contributed by atoms with van der Waals surface area (Å²) in [6.45, 7) is 6.69. The van der Waals surface area contributed by atoms with Gasteiger partial charge in [0.05, 0.1) is 0 Å². The van der Waals surface area contributed by atoms with E-state index in [1.165, 1.54) is 10.1 Å². The van der Waals surface area contributed by atoms with Gasteiger partial charge in [0, 0.05) is 49.5 Å². The van der Waals surface area contributed by atoms with Crippen LogP contribution in [0.15, 0.2) is 71.7 Å². The average Bonchev–Trinajstić information content (AvgIpc) is 2.85. The summed E-state index contributed by atoms with van der Waals surface area (Å²) in [5, 5.41) is 3.14. The van der Waals surface area contributed by atoms with Crippen LogP contribution in [-0.4, -0.2) is 40.3 Å². The summed E-state index contributed by atoms with van der Waals surface area (Å²) < 4.78 is 1.45. The highest BCUT2D eigenvalue weighted by atomic mass is 16.2. The maximum atomic E-state index is 13.7. The number of rotatable bonds is 5. The van der Waals surface area contributed by atoms with E-state index in [2.05, 4.69) is 34.5 Å². The Morgan fingerprint density at radius 2 is 1.58 bits per heavy atom. The van der Waals surface area contributed by atoms with Gasteiger partial charge >= 0.3 is 0 Å². The molecule has 0 atom stereocenters. The first kappa shape index (κ1) is 24.2. The van der Waals surface area contributed by atoms with Gasteiger partial charge in [-0.05, 0) is 47.9 Å². The van der Waals surface area contributed by atoms with Crippen LogP contribution >= 0.6 is 0 Å². The largest absolute Gasteiger partial charge is 0.349 e. The van der Waals surface area contributed by atoms with Gasteiger partial charge in [-0.2, -0.15) is 0 Å². The maximum absolute atomic E-state index is 13.7. The summed E-state index contributed by atoms with van der Waals surface area (Å²) in [5.74, 6) is -0.386. The van der Waals surface area contributed by atoms with E-state index in [-0.39, 0.29) is 34.3 Å². The zero-order valence-electron chi connectivity index (χ0n) is 21.0. The van der Waals surface area contributed by atoms with Gasteiger partial charge in [-0.1, -0.05) is 62.4 Å². The molecule has 6 heteroatoms. The Bertz CT molecular complexity index is 1320. The predicted octanol–water partition coefficient (Wildman–Crippen LogP) is 4.39. The number of ketones is 1. The molecule has 0 radical (unpaired) electrons. The summed E-state index contributed by atoms with van der Waals surface area (Å²) in [6, 6.07) is 19.6. The van der Waals surface area contributed by atoms with E-state index in [4.69, 9.17) is 0 Å². The molecular weight excluding hydrogens is 450 g/mol. The summed E-state index contributed by atoms with van der Waals surface area (Å²) in [4.78, 5) is 42.8. The monoisotopic (exact) mass is 483 g/mol. The standard InChI is InChI=1S/C30H33N3O3/c1-30(2)17-24-25(26(34)18-30)20-33(23-11-7-4-8-12-23)29(36)27(24)28(35)31-22-13-15-32(16-14-22)19-21-9-5-3-6-10-21/h3-12,20,22H,13-19H2,1-2H3,(H,31,35). The van der Waals surface area contributed by atoms with E-state index in [1.807, 2.05) is 50.2 Å². The molecule has 1 N–H and O–H groups in total. The molecule has 0 spiro atoms. The molecule has 2 heterocycles. The maximum Gasteiger partial charge on any atom is 0.268 e. The summed E-state index contributed by atoms with van der Waals surface area (Å²) in [7, 11) is 0. The van der Waals surface area contributed by atoms with Crippen molar-refractivity contribution in [2.75, 3.05) is 13.1 Å². The minimum atomic E-state index is -0.371. The first-order valence-corrected chi connectivity index (χ1v) is 12.7. The van der Waals surface area contributed by atoms with Gasteiger partial charge < -0.3 is 5.32 Å². The number of para-hydroxylation sites is 1. The fourth-order valence-electron chi connectivity index (χ4n) is 5.49. The second kappa shape index (κ2) is 9.86. The second-order valence-electron chi connectivity index (χ2n) is 10.9. The van der Waals surface area contributed by atoms with E-state index in [9.17, 15) is 14.4 Å². The Balaban J connectivity index is 1.40. The highest BCUT2D eigenvalue weighted by molar-refractivity contribution is 6.04.